The Morgan fingerprint density at radius 2 is 1.35 bits per heavy atom. The highest BCUT2D eigenvalue weighted by Gasteiger charge is 2.26. The van der Waals surface area contributed by atoms with Gasteiger partial charge in [0, 0.05) is 6.54 Å². The van der Waals surface area contributed by atoms with Gasteiger partial charge < -0.3 is 5.11 Å². The maximum Gasteiger partial charge on any atom is 0.241 e. The van der Waals surface area contributed by atoms with Crippen LogP contribution in [0.15, 0.2) is 17.0 Å². The maximum absolute atomic E-state index is 12.8. The summed E-state index contributed by atoms with van der Waals surface area (Å²) in [6.45, 7) is 13.9. The largest absolute Gasteiger partial charge is 0.392 e. The number of hydrogen-bond acceptors (Lipinski definition) is 3. The lowest BCUT2D eigenvalue weighted by Crippen LogP contribution is -2.32. The van der Waals surface area contributed by atoms with E-state index >= 15 is 0 Å². The summed E-state index contributed by atoms with van der Waals surface area (Å²) < 4.78 is 28.2. The van der Waals surface area contributed by atoms with E-state index in [2.05, 4.69) is 18.6 Å². The summed E-state index contributed by atoms with van der Waals surface area (Å²) in [6.07, 6.45) is -0.718. The first-order valence-corrected chi connectivity index (χ1v) is 9.81. The normalized spacial score (nSPS) is 14.0. The molecule has 0 radical (unpaired) electrons. The molecular formula is C18H31NO3S. The number of nitrogens with one attached hydrogen (secondary N) is 1. The standard InChI is InChI=1S/C18H31NO3S/c1-11(2)15-8-16(12(3)4)18(17(9-15)13(5)6)23(21,22)19-10-14(7)20/h8-9,11-14,19-20H,10H2,1-7H3/t14-/m1/s1. The highest BCUT2D eigenvalue weighted by atomic mass is 32.2. The molecule has 1 aromatic carbocycles. The second kappa shape index (κ2) is 7.77. The van der Waals surface area contributed by atoms with E-state index in [-0.39, 0.29) is 18.4 Å². The molecule has 0 aliphatic rings. The predicted molar refractivity (Wildman–Crippen MR) is 95.6 cm³/mol. The fraction of sp³-hybridized carbons (Fsp3) is 0.667. The van der Waals surface area contributed by atoms with Gasteiger partial charge in [0.25, 0.3) is 0 Å². The molecule has 0 fully saturated rings. The second-order valence-corrected chi connectivity index (χ2v) is 8.90. The van der Waals surface area contributed by atoms with Crippen LogP contribution in [0, 0.1) is 0 Å². The van der Waals surface area contributed by atoms with Crippen LogP contribution in [0.5, 0.6) is 0 Å². The number of rotatable bonds is 7. The van der Waals surface area contributed by atoms with Crippen LogP contribution >= 0.6 is 0 Å². The Morgan fingerprint density at radius 1 is 0.913 bits per heavy atom. The Hall–Kier alpha value is -0.910. The Labute approximate surface area is 141 Å². The molecule has 0 aliphatic carbocycles. The maximum atomic E-state index is 12.8. The fourth-order valence-electron chi connectivity index (χ4n) is 2.50. The van der Waals surface area contributed by atoms with Crippen LogP contribution < -0.4 is 4.72 Å². The van der Waals surface area contributed by atoms with Crippen molar-refractivity contribution in [1.29, 1.82) is 0 Å². The van der Waals surface area contributed by atoms with Crippen molar-refractivity contribution in [2.24, 2.45) is 0 Å². The molecule has 0 saturated heterocycles. The molecule has 0 aromatic heterocycles. The van der Waals surface area contributed by atoms with Gasteiger partial charge in [0.1, 0.15) is 0 Å². The Balaban J connectivity index is 3.61. The van der Waals surface area contributed by atoms with Gasteiger partial charge in [-0.2, -0.15) is 0 Å². The zero-order valence-electron chi connectivity index (χ0n) is 15.3. The average molecular weight is 342 g/mol. The quantitative estimate of drug-likeness (QED) is 0.794. The minimum atomic E-state index is -3.66. The van der Waals surface area contributed by atoms with Crippen molar-refractivity contribution in [2.45, 2.75) is 77.2 Å². The molecule has 0 saturated carbocycles. The molecular weight excluding hydrogens is 310 g/mol. The molecule has 0 amide bonds. The second-order valence-electron chi connectivity index (χ2n) is 7.19. The lowest BCUT2D eigenvalue weighted by Gasteiger charge is -2.23. The summed E-state index contributed by atoms with van der Waals surface area (Å²) in [6, 6.07) is 4.02. The third-order valence-electron chi connectivity index (χ3n) is 3.92. The van der Waals surface area contributed by atoms with E-state index in [4.69, 9.17) is 0 Å². The molecule has 1 aromatic rings. The molecule has 0 unspecified atom stereocenters. The molecule has 0 heterocycles. The minimum absolute atomic E-state index is 0.0172. The van der Waals surface area contributed by atoms with Crippen LogP contribution in [0.2, 0.25) is 0 Å². The first-order chi connectivity index (χ1) is 10.5. The van der Waals surface area contributed by atoms with E-state index < -0.39 is 16.1 Å². The number of sulfonamides is 1. The third kappa shape index (κ3) is 5.03. The van der Waals surface area contributed by atoms with E-state index in [1.807, 2.05) is 39.8 Å². The van der Waals surface area contributed by atoms with Gasteiger partial charge in [-0.25, -0.2) is 13.1 Å². The van der Waals surface area contributed by atoms with Crippen molar-refractivity contribution in [3.63, 3.8) is 0 Å². The van der Waals surface area contributed by atoms with Gasteiger partial charge in [0.2, 0.25) is 10.0 Å². The summed E-state index contributed by atoms with van der Waals surface area (Å²) in [5, 5.41) is 9.41. The average Bonchev–Trinajstić information content (AvgIpc) is 2.43. The Kier molecular flexibility index (Phi) is 6.81. The van der Waals surface area contributed by atoms with E-state index in [1.165, 1.54) is 0 Å². The van der Waals surface area contributed by atoms with Crippen molar-refractivity contribution in [2.75, 3.05) is 6.54 Å². The van der Waals surface area contributed by atoms with Crippen LogP contribution in [-0.4, -0.2) is 26.2 Å². The van der Waals surface area contributed by atoms with Crippen LogP contribution in [0.25, 0.3) is 0 Å². The molecule has 0 bridgehead atoms. The van der Waals surface area contributed by atoms with E-state index in [0.717, 1.165) is 16.7 Å². The predicted octanol–water partition coefficient (Wildman–Crippen LogP) is 3.72. The molecule has 132 valence electrons. The number of aliphatic hydroxyl groups excluding tert-OH is 1. The monoisotopic (exact) mass is 341 g/mol. The van der Waals surface area contributed by atoms with Crippen molar-refractivity contribution >= 4 is 10.0 Å². The molecule has 23 heavy (non-hydrogen) atoms. The molecule has 2 N–H and O–H groups in total. The summed E-state index contributed by atoms with van der Waals surface area (Å²) >= 11 is 0. The van der Waals surface area contributed by atoms with Crippen LogP contribution in [0.1, 0.15) is 82.9 Å². The summed E-state index contributed by atoms with van der Waals surface area (Å²) in [4.78, 5) is 0.382. The Morgan fingerprint density at radius 3 is 1.65 bits per heavy atom. The molecule has 5 heteroatoms. The zero-order valence-corrected chi connectivity index (χ0v) is 16.2. The molecule has 4 nitrogen and oxygen atoms in total. The summed E-state index contributed by atoms with van der Waals surface area (Å²) in [5.74, 6) is 0.542. The first kappa shape index (κ1) is 20.1. The minimum Gasteiger partial charge on any atom is -0.392 e. The van der Waals surface area contributed by atoms with Gasteiger partial charge in [-0.15, -0.1) is 0 Å². The number of benzene rings is 1. The van der Waals surface area contributed by atoms with E-state index in [9.17, 15) is 13.5 Å². The number of aliphatic hydroxyl groups is 1. The van der Waals surface area contributed by atoms with Crippen molar-refractivity contribution < 1.29 is 13.5 Å². The van der Waals surface area contributed by atoms with Crippen molar-refractivity contribution in [3.05, 3.63) is 28.8 Å². The summed E-state index contributed by atoms with van der Waals surface area (Å²) in [7, 11) is -3.66. The highest BCUT2D eigenvalue weighted by molar-refractivity contribution is 7.89. The smallest absolute Gasteiger partial charge is 0.241 e. The topological polar surface area (TPSA) is 66.4 Å². The lowest BCUT2D eigenvalue weighted by molar-refractivity contribution is 0.198. The van der Waals surface area contributed by atoms with Crippen LogP contribution in [0.3, 0.4) is 0 Å². The van der Waals surface area contributed by atoms with Gasteiger partial charge in [-0.1, -0.05) is 53.7 Å². The SMILES string of the molecule is CC(C)c1cc(C(C)C)c(S(=O)(=O)NC[C@@H](C)O)c(C(C)C)c1. The fourth-order valence-corrected chi connectivity index (χ4v) is 4.32. The highest BCUT2D eigenvalue weighted by Crippen LogP contribution is 2.34. The van der Waals surface area contributed by atoms with Gasteiger partial charge in [0.05, 0.1) is 11.0 Å². The van der Waals surface area contributed by atoms with Gasteiger partial charge in [-0.3, -0.25) is 0 Å². The molecule has 0 spiro atoms. The number of hydrogen-bond donors (Lipinski definition) is 2. The van der Waals surface area contributed by atoms with Crippen LogP contribution in [0.4, 0.5) is 0 Å². The Bertz CT molecular complexity index is 603. The summed E-state index contributed by atoms with van der Waals surface area (Å²) in [5.41, 5.74) is 2.85. The van der Waals surface area contributed by atoms with Crippen molar-refractivity contribution in [3.8, 4) is 0 Å². The third-order valence-corrected chi connectivity index (χ3v) is 5.47. The van der Waals surface area contributed by atoms with E-state index in [0.29, 0.717) is 10.8 Å². The molecule has 0 aliphatic heterocycles. The molecule has 1 atom stereocenters. The lowest BCUT2D eigenvalue weighted by atomic mass is 9.89. The first-order valence-electron chi connectivity index (χ1n) is 8.32. The van der Waals surface area contributed by atoms with Gasteiger partial charge in [-0.05, 0) is 41.4 Å². The molecule has 1 rings (SSSR count). The van der Waals surface area contributed by atoms with Gasteiger partial charge in [0.15, 0.2) is 0 Å². The zero-order chi connectivity index (χ0) is 17.9. The van der Waals surface area contributed by atoms with Crippen molar-refractivity contribution in [1.82, 2.24) is 4.72 Å². The van der Waals surface area contributed by atoms with E-state index in [1.54, 1.807) is 6.92 Å². The van der Waals surface area contributed by atoms with Gasteiger partial charge >= 0.3 is 0 Å². The van der Waals surface area contributed by atoms with Crippen LogP contribution in [-0.2, 0) is 10.0 Å².